The van der Waals surface area contributed by atoms with Gasteiger partial charge in [-0.3, -0.25) is 0 Å². The van der Waals surface area contributed by atoms with Gasteiger partial charge in [0.15, 0.2) is 0 Å². The molecule has 0 aliphatic heterocycles. The molecule has 0 aromatic carbocycles. The third-order valence-corrected chi connectivity index (χ3v) is 1.90. The second kappa shape index (κ2) is 2.62. The molecule has 1 aliphatic rings. The zero-order valence-corrected chi connectivity index (χ0v) is 6.89. The highest BCUT2D eigenvalue weighted by Gasteiger charge is 2.52. The first-order valence-electron chi connectivity index (χ1n) is 3.04. The first kappa shape index (κ1) is 10.1. The van der Waals surface area contributed by atoms with Gasteiger partial charge in [0.1, 0.15) is 0 Å². The Hall–Kier alpha value is 0.110. The highest BCUT2D eigenvalue weighted by atomic mass is 35.5. The number of nitrogens with one attached hydrogen (secondary N) is 1. The summed E-state index contributed by atoms with van der Waals surface area (Å²) >= 11 is 0. The summed E-state index contributed by atoms with van der Waals surface area (Å²) in [7, 11) is 1.72. The molecule has 0 saturated heterocycles. The quantitative estimate of drug-likeness (QED) is 0.635. The van der Waals surface area contributed by atoms with Crippen molar-refractivity contribution in [1.29, 1.82) is 0 Å². The van der Waals surface area contributed by atoms with E-state index in [9.17, 15) is 8.78 Å². The topological polar surface area (TPSA) is 12.0 Å². The van der Waals surface area contributed by atoms with Gasteiger partial charge in [-0.15, -0.1) is 12.4 Å². The Kier molecular flexibility index (Phi) is 2.65. The summed E-state index contributed by atoms with van der Waals surface area (Å²) in [6.07, 6.45) is -0.0347. The maximum Gasteiger partial charge on any atom is 0.251 e. The van der Waals surface area contributed by atoms with E-state index in [1.54, 1.807) is 7.05 Å². The molecule has 1 rings (SSSR count). The van der Waals surface area contributed by atoms with E-state index in [1.807, 2.05) is 6.92 Å². The molecular weight excluding hydrogens is 160 g/mol. The second-order valence-electron chi connectivity index (χ2n) is 3.02. The van der Waals surface area contributed by atoms with Crippen molar-refractivity contribution in [2.24, 2.45) is 0 Å². The molecule has 1 N–H and O–H groups in total. The molecular formula is C6H12ClF2N. The van der Waals surface area contributed by atoms with E-state index in [-0.39, 0.29) is 30.8 Å². The monoisotopic (exact) mass is 171 g/mol. The molecule has 0 atom stereocenters. The number of rotatable bonds is 1. The summed E-state index contributed by atoms with van der Waals surface area (Å²) in [5.74, 6) is -2.41. The van der Waals surface area contributed by atoms with Crippen LogP contribution in [0, 0.1) is 0 Å². The average Bonchev–Trinajstić information content (AvgIpc) is 1.61. The lowest BCUT2D eigenvalue weighted by Gasteiger charge is -2.44. The zero-order chi connectivity index (χ0) is 7.12. The Morgan fingerprint density at radius 3 is 1.80 bits per heavy atom. The van der Waals surface area contributed by atoms with Gasteiger partial charge in [-0.05, 0) is 14.0 Å². The minimum absolute atomic E-state index is 0. The van der Waals surface area contributed by atoms with Crippen LogP contribution in [0.25, 0.3) is 0 Å². The van der Waals surface area contributed by atoms with Crippen LogP contribution in [0.5, 0.6) is 0 Å². The first-order chi connectivity index (χ1) is 3.97. The Labute approximate surface area is 65.6 Å². The Balaban J connectivity index is 0.000000810. The van der Waals surface area contributed by atoms with Gasteiger partial charge in [0.05, 0.1) is 0 Å². The average molecular weight is 172 g/mol. The SMILES string of the molecule is CNC1(C)CC(F)(F)C1.Cl. The van der Waals surface area contributed by atoms with Crippen LogP contribution in [0.15, 0.2) is 0 Å². The molecule has 0 amide bonds. The molecule has 1 saturated carbocycles. The predicted molar refractivity (Wildman–Crippen MR) is 38.9 cm³/mol. The molecule has 1 fully saturated rings. The van der Waals surface area contributed by atoms with Crippen molar-refractivity contribution in [1.82, 2.24) is 5.32 Å². The fourth-order valence-corrected chi connectivity index (χ4v) is 1.27. The third-order valence-electron chi connectivity index (χ3n) is 1.90. The van der Waals surface area contributed by atoms with Crippen LogP contribution in [0.4, 0.5) is 8.78 Å². The van der Waals surface area contributed by atoms with Crippen molar-refractivity contribution in [3.05, 3.63) is 0 Å². The molecule has 0 aromatic rings. The molecule has 0 bridgehead atoms. The van der Waals surface area contributed by atoms with E-state index in [4.69, 9.17) is 0 Å². The van der Waals surface area contributed by atoms with Gasteiger partial charge >= 0.3 is 0 Å². The molecule has 0 unspecified atom stereocenters. The van der Waals surface area contributed by atoms with E-state index in [2.05, 4.69) is 5.32 Å². The number of alkyl halides is 2. The maximum absolute atomic E-state index is 12.2. The van der Waals surface area contributed by atoms with Crippen molar-refractivity contribution in [3.8, 4) is 0 Å². The summed E-state index contributed by atoms with van der Waals surface area (Å²) in [5.41, 5.74) is -0.302. The minimum Gasteiger partial charge on any atom is -0.314 e. The van der Waals surface area contributed by atoms with Crippen LogP contribution in [0.3, 0.4) is 0 Å². The van der Waals surface area contributed by atoms with Gasteiger partial charge in [-0.2, -0.15) is 0 Å². The molecule has 1 nitrogen and oxygen atoms in total. The second-order valence-corrected chi connectivity index (χ2v) is 3.02. The van der Waals surface area contributed by atoms with Gasteiger partial charge in [0.2, 0.25) is 0 Å². The summed E-state index contributed by atoms with van der Waals surface area (Å²) in [6, 6.07) is 0. The van der Waals surface area contributed by atoms with Gasteiger partial charge in [-0.1, -0.05) is 0 Å². The summed E-state index contributed by atoms with van der Waals surface area (Å²) < 4.78 is 24.4. The molecule has 62 valence electrons. The van der Waals surface area contributed by atoms with Crippen molar-refractivity contribution in [2.75, 3.05) is 7.05 Å². The number of hydrogen-bond acceptors (Lipinski definition) is 1. The lowest BCUT2D eigenvalue weighted by atomic mass is 9.75. The van der Waals surface area contributed by atoms with Gasteiger partial charge in [0.25, 0.3) is 5.92 Å². The van der Waals surface area contributed by atoms with Crippen LogP contribution < -0.4 is 5.32 Å². The van der Waals surface area contributed by atoms with E-state index < -0.39 is 5.92 Å². The van der Waals surface area contributed by atoms with Crippen LogP contribution >= 0.6 is 12.4 Å². The fourth-order valence-electron chi connectivity index (χ4n) is 1.27. The van der Waals surface area contributed by atoms with Crippen LogP contribution in [0.2, 0.25) is 0 Å². The zero-order valence-electron chi connectivity index (χ0n) is 6.08. The Bertz CT molecular complexity index is 119. The van der Waals surface area contributed by atoms with Crippen molar-refractivity contribution >= 4 is 12.4 Å². The van der Waals surface area contributed by atoms with Crippen LogP contribution in [-0.2, 0) is 0 Å². The predicted octanol–water partition coefficient (Wildman–Crippen LogP) is 1.82. The highest BCUT2D eigenvalue weighted by Crippen LogP contribution is 2.44. The van der Waals surface area contributed by atoms with Gasteiger partial charge < -0.3 is 5.32 Å². The lowest BCUT2D eigenvalue weighted by Crippen LogP contribution is -2.57. The Morgan fingerprint density at radius 1 is 1.30 bits per heavy atom. The highest BCUT2D eigenvalue weighted by molar-refractivity contribution is 5.85. The molecule has 0 spiro atoms. The largest absolute Gasteiger partial charge is 0.314 e. The molecule has 10 heavy (non-hydrogen) atoms. The van der Waals surface area contributed by atoms with Crippen LogP contribution in [0.1, 0.15) is 19.8 Å². The van der Waals surface area contributed by atoms with E-state index in [0.29, 0.717) is 0 Å². The molecule has 0 radical (unpaired) electrons. The number of halogens is 3. The number of hydrogen-bond donors (Lipinski definition) is 1. The van der Waals surface area contributed by atoms with Gasteiger partial charge in [-0.25, -0.2) is 8.78 Å². The molecule has 0 heterocycles. The van der Waals surface area contributed by atoms with E-state index >= 15 is 0 Å². The smallest absolute Gasteiger partial charge is 0.251 e. The summed E-state index contributed by atoms with van der Waals surface area (Å²) in [5, 5.41) is 2.85. The van der Waals surface area contributed by atoms with Crippen LogP contribution in [-0.4, -0.2) is 18.5 Å². The molecule has 4 heteroatoms. The minimum atomic E-state index is -2.41. The standard InChI is InChI=1S/C6H11F2N.ClH/c1-5(9-2)3-6(7,8)4-5;/h9H,3-4H2,1-2H3;1H. The molecule has 0 aromatic heterocycles. The van der Waals surface area contributed by atoms with E-state index in [1.165, 1.54) is 0 Å². The lowest BCUT2D eigenvalue weighted by molar-refractivity contribution is -0.125. The van der Waals surface area contributed by atoms with E-state index in [0.717, 1.165) is 0 Å². The fraction of sp³-hybridized carbons (Fsp3) is 1.00. The molecule has 1 aliphatic carbocycles. The summed E-state index contributed by atoms with van der Waals surface area (Å²) in [4.78, 5) is 0. The van der Waals surface area contributed by atoms with Crippen molar-refractivity contribution in [3.63, 3.8) is 0 Å². The first-order valence-corrected chi connectivity index (χ1v) is 3.04. The van der Waals surface area contributed by atoms with Crippen molar-refractivity contribution < 1.29 is 8.78 Å². The normalized spacial score (nSPS) is 26.4. The summed E-state index contributed by atoms with van der Waals surface area (Å²) in [6.45, 7) is 1.81. The Morgan fingerprint density at radius 2 is 1.70 bits per heavy atom. The van der Waals surface area contributed by atoms with Gasteiger partial charge in [0, 0.05) is 18.4 Å². The van der Waals surface area contributed by atoms with Crippen molar-refractivity contribution in [2.45, 2.75) is 31.2 Å². The third kappa shape index (κ3) is 1.80. The maximum atomic E-state index is 12.2.